The maximum absolute atomic E-state index is 14.4. The van der Waals surface area contributed by atoms with Crippen molar-refractivity contribution in [3.63, 3.8) is 0 Å². The van der Waals surface area contributed by atoms with Gasteiger partial charge in [0.05, 0.1) is 5.56 Å². The molecule has 0 radical (unpaired) electrons. The zero-order chi connectivity index (χ0) is 14.7. The van der Waals surface area contributed by atoms with E-state index in [0.717, 1.165) is 26.2 Å². The van der Waals surface area contributed by atoms with Gasteiger partial charge in [-0.1, -0.05) is 30.3 Å². The fraction of sp³-hybridized carbons (Fsp3) is 0.333. The van der Waals surface area contributed by atoms with Crippen molar-refractivity contribution in [1.82, 2.24) is 15.3 Å². The van der Waals surface area contributed by atoms with Crippen molar-refractivity contribution in [2.45, 2.75) is 5.92 Å². The van der Waals surface area contributed by atoms with Crippen LogP contribution in [0.25, 0.3) is 0 Å². The molecular weight excluding hydrogens is 274 g/mol. The smallest absolute Gasteiger partial charge is 0.301 e. The minimum atomic E-state index is -3.08. The second-order valence-electron chi connectivity index (χ2n) is 4.95. The maximum atomic E-state index is 14.4. The Morgan fingerprint density at radius 1 is 0.952 bits per heavy atom. The van der Waals surface area contributed by atoms with Crippen molar-refractivity contribution in [2.75, 3.05) is 31.1 Å². The van der Waals surface area contributed by atoms with E-state index in [1.165, 1.54) is 24.5 Å². The monoisotopic (exact) mass is 290 g/mol. The number of nitrogens with zero attached hydrogens (tertiary/aromatic N) is 3. The molecule has 1 N–H and O–H groups in total. The third-order valence-electron chi connectivity index (χ3n) is 3.54. The summed E-state index contributed by atoms with van der Waals surface area (Å²) in [6.07, 6.45) is 2.44. The first-order valence-electron chi connectivity index (χ1n) is 6.89. The summed E-state index contributed by atoms with van der Waals surface area (Å²) in [5, 5.41) is 3.22. The molecule has 3 rings (SSSR count). The molecule has 1 aromatic carbocycles. The molecule has 21 heavy (non-hydrogen) atoms. The molecule has 2 aromatic rings. The second-order valence-corrected chi connectivity index (χ2v) is 4.95. The standard InChI is InChI=1S/C15H16F2N4/c16-15(17,12-4-2-1-3-5-12)13-10-19-14(20-11-13)21-8-6-18-7-9-21/h1-5,10-11,18H,6-9H2. The Labute approximate surface area is 121 Å². The van der Waals surface area contributed by atoms with Crippen LogP contribution in [0.2, 0.25) is 0 Å². The predicted molar refractivity (Wildman–Crippen MR) is 76.6 cm³/mol. The van der Waals surface area contributed by atoms with Gasteiger partial charge in [-0.15, -0.1) is 0 Å². The molecule has 4 nitrogen and oxygen atoms in total. The van der Waals surface area contributed by atoms with Crippen LogP contribution < -0.4 is 10.2 Å². The lowest BCUT2D eigenvalue weighted by atomic mass is 10.0. The molecule has 0 aliphatic carbocycles. The van der Waals surface area contributed by atoms with Crippen LogP contribution in [-0.4, -0.2) is 36.1 Å². The van der Waals surface area contributed by atoms with E-state index < -0.39 is 5.92 Å². The summed E-state index contributed by atoms with van der Waals surface area (Å²) >= 11 is 0. The summed E-state index contributed by atoms with van der Waals surface area (Å²) < 4.78 is 28.7. The minimum absolute atomic E-state index is 0.0523. The van der Waals surface area contributed by atoms with Crippen LogP contribution in [0.15, 0.2) is 42.7 Å². The average Bonchev–Trinajstić information content (AvgIpc) is 2.57. The van der Waals surface area contributed by atoms with Gasteiger partial charge in [0, 0.05) is 44.1 Å². The number of aromatic nitrogens is 2. The molecule has 0 amide bonds. The van der Waals surface area contributed by atoms with Gasteiger partial charge in [-0.3, -0.25) is 0 Å². The number of benzene rings is 1. The van der Waals surface area contributed by atoms with Crippen LogP contribution >= 0.6 is 0 Å². The van der Waals surface area contributed by atoms with Gasteiger partial charge in [-0.05, 0) is 0 Å². The number of rotatable bonds is 3. The average molecular weight is 290 g/mol. The van der Waals surface area contributed by atoms with E-state index in [9.17, 15) is 8.78 Å². The Morgan fingerprint density at radius 2 is 1.57 bits per heavy atom. The molecule has 0 atom stereocenters. The lowest BCUT2D eigenvalue weighted by molar-refractivity contribution is 0.0421. The summed E-state index contributed by atoms with van der Waals surface area (Å²) in [5.41, 5.74) is -0.240. The van der Waals surface area contributed by atoms with Gasteiger partial charge in [-0.2, -0.15) is 8.78 Å². The van der Waals surface area contributed by atoms with Gasteiger partial charge in [0.1, 0.15) is 0 Å². The number of halogens is 2. The fourth-order valence-electron chi connectivity index (χ4n) is 2.33. The van der Waals surface area contributed by atoms with Gasteiger partial charge < -0.3 is 10.2 Å². The summed E-state index contributed by atoms with van der Waals surface area (Å²) in [7, 11) is 0. The minimum Gasteiger partial charge on any atom is -0.338 e. The van der Waals surface area contributed by atoms with E-state index in [4.69, 9.17) is 0 Å². The zero-order valence-electron chi connectivity index (χ0n) is 11.5. The largest absolute Gasteiger partial charge is 0.338 e. The van der Waals surface area contributed by atoms with Crippen LogP contribution in [0.5, 0.6) is 0 Å². The van der Waals surface area contributed by atoms with Gasteiger partial charge in [0.25, 0.3) is 0 Å². The van der Waals surface area contributed by atoms with Crippen molar-refractivity contribution in [1.29, 1.82) is 0 Å². The Bertz CT molecular complexity index is 580. The van der Waals surface area contributed by atoms with E-state index in [-0.39, 0.29) is 11.1 Å². The third kappa shape index (κ3) is 2.85. The van der Waals surface area contributed by atoms with E-state index >= 15 is 0 Å². The quantitative estimate of drug-likeness (QED) is 0.939. The number of hydrogen-bond donors (Lipinski definition) is 1. The lowest BCUT2D eigenvalue weighted by Crippen LogP contribution is -2.44. The van der Waals surface area contributed by atoms with Crippen molar-refractivity contribution >= 4 is 5.95 Å². The van der Waals surface area contributed by atoms with E-state index in [2.05, 4.69) is 15.3 Å². The maximum Gasteiger partial charge on any atom is 0.301 e. The summed E-state index contributed by atoms with van der Waals surface area (Å²) in [6.45, 7) is 3.28. The molecule has 1 saturated heterocycles. The summed E-state index contributed by atoms with van der Waals surface area (Å²) in [6, 6.07) is 7.72. The van der Waals surface area contributed by atoms with Crippen molar-refractivity contribution in [3.8, 4) is 0 Å². The Morgan fingerprint density at radius 3 is 2.19 bits per heavy atom. The highest BCUT2D eigenvalue weighted by atomic mass is 19.3. The molecule has 6 heteroatoms. The first kappa shape index (κ1) is 13.9. The molecule has 1 aliphatic heterocycles. The SMILES string of the molecule is FC(F)(c1ccccc1)c1cnc(N2CCNCC2)nc1. The molecule has 2 heterocycles. The van der Waals surface area contributed by atoms with Crippen molar-refractivity contribution < 1.29 is 8.78 Å². The Balaban J connectivity index is 1.83. The summed E-state index contributed by atoms with van der Waals surface area (Å²) in [5.74, 6) is -2.58. The number of piperazine rings is 1. The summed E-state index contributed by atoms with van der Waals surface area (Å²) in [4.78, 5) is 10.2. The van der Waals surface area contributed by atoms with Crippen molar-refractivity contribution in [3.05, 3.63) is 53.9 Å². The number of hydrogen-bond acceptors (Lipinski definition) is 4. The van der Waals surface area contributed by atoms with Crippen LogP contribution in [-0.2, 0) is 5.92 Å². The highest BCUT2D eigenvalue weighted by Gasteiger charge is 2.34. The Hall–Kier alpha value is -2.08. The molecule has 1 aliphatic rings. The van der Waals surface area contributed by atoms with Crippen LogP contribution in [0, 0.1) is 0 Å². The molecule has 0 unspecified atom stereocenters. The molecule has 1 fully saturated rings. The van der Waals surface area contributed by atoms with Crippen LogP contribution in [0.3, 0.4) is 0 Å². The number of alkyl halides is 2. The van der Waals surface area contributed by atoms with Gasteiger partial charge in [-0.25, -0.2) is 9.97 Å². The zero-order valence-corrected chi connectivity index (χ0v) is 11.5. The topological polar surface area (TPSA) is 41.1 Å². The molecule has 110 valence electrons. The molecule has 0 bridgehead atoms. The first-order chi connectivity index (χ1) is 10.2. The molecular formula is C15H16F2N4. The third-order valence-corrected chi connectivity index (χ3v) is 3.54. The van der Waals surface area contributed by atoms with Crippen LogP contribution in [0.1, 0.15) is 11.1 Å². The molecule has 1 aromatic heterocycles. The number of anilines is 1. The van der Waals surface area contributed by atoms with Crippen molar-refractivity contribution in [2.24, 2.45) is 0 Å². The van der Waals surface area contributed by atoms with Gasteiger partial charge in [0.15, 0.2) is 0 Å². The molecule has 0 saturated carbocycles. The van der Waals surface area contributed by atoms with Crippen LogP contribution in [0.4, 0.5) is 14.7 Å². The normalized spacial score (nSPS) is 16.0. The Kier molecular flexibility index (Phi) is 3.79. The number of nitrogens with one attached hydrogen (secondary N) is 1. The highest BCUT2D eigenvalue weighted by Crippen LogP contribution is 2.34. The van der Waals surface area contributed by atoms with E-state index in [1.807, 2.05) is 4.90 Å². The van der Waals surface area contributed by atoms with Gasteiger partial charge in [0.2, 0.25) is 5.95 Å². The fourth-order valence-corrected chi connectivity index (χ4v) is 2.33. The van der Waals surface area contributed by atoms with Gasteiger partial charge >= 0.3 is 5.92 Å². The van der Waals surface area contributed by atoms with E-state index in [1.54, 1.807) is 18.2 Å². The second kappa shape index (κ2) is 5.73. The lowest BCUT2D eigenvalue weighted by Gasteiger charge is -2.27. The van der Waals surface area contributed by atoms with E-state index in [0.29, 0.717) is 5.95 Å². The highest BCUT2D eigenvalue weighted by molar-refractivity contribution is 5.35. The predicted octanol–water partition coefficient (Wildman–Crippen LogP) is 2.03. The first-order valence-corrected chi connectivity index (χ1v) is 6.89. The molecule has 0 spiro atoms.